The molecule has 0 aliphatic rings. The molecule has 0 aliphatic carbocycles. The molecule has 1 heterocycles. The standard InChI is InChI=1S/C16H13N2O/c1-2-8-15(9-3-1)19-16-10-5-4-7-14(16)13-18-12-6-11-17-18/h1-3,5-12H,13H2. The van der Waals surface area contributed by atoms with Gasteiger partial charge in [-0.15, -0.1) is 0 Å². The van der Waals surface area contributed by atoms with Gasteiger partial charge in [-0.25, -0.2) is 0 Å². The predicted molar refractivity (Wildman–Crippen MR) is 73.1 cm³/mol. The maximum atomic E-state index is 5.90. The number of benzene rings is 2. The SMILES string of the molecule is [c]1ccc(Oc2ccccc2)c(Cn2cccn2)c1. The van der Waals surface area contributed by atoms with E-state index < -0.39 is 0 Å². The summed E-state index contributed by atoms with van der Waals surface area (Å²) < 4.78 is 7.76. The second kappa shape index (κ2) is 5.40. The Hall–Kier alpha value is -2.55. The van der Waals surface area contributed by atoms with E-state index in [-0.39, 0.29) is 0 Å². The third-order valence-electron chi connectivity index (χ3n) is 2.77. The third kappa shape index (κ3) is 2.83. The first-order chi connectivity index (χ1) is 9.42. The van der Waals surface area contributed by atoms with E-state index in [1.54, 1.807) is 6.20 Å². The number of nitrogens with zero attached hydrogens (tertiary/aromatic N) is 2. The molecule has 0 fully saturated rings. The van der Waals surface area contributed by atoms with Crippen molar-refractivity contribution in [3.05, 3.63) is 78.6 Å². The molecule has 3 rings (SSSR count). The number of rotatable bonds is 4. The fourth-order valence-electron chi connectivity index (χ4n) is 1.86. The van der Waals surface area contributed by atoms with Gasteiger partial charge in [0.25, 0.3) is 0 Å². The number of ether oxygens (including phenoxy) is 1. The van der Waals surface area contributed by atoms with Gasteiger partial charge in [0.2, 0.25) is 0 Å². The molecule has 19 heavy (non-hydrogen) atoms. The minimum absolute atomic E-state index is 0.673. The first-order valence-electron chi connectivity index (χ1n) is 6.11. The smallest absolute Gasteiger partial charge is 0.132 e. The average molecular weight is 249 g/mol. The Morgan fingerprint density at radius 1 is 1.11 bits per heavy atom. The zero-order chi connectivity index (χ0) is 12.9. The van der Waals surface area contributed by atoms with Crippen LogP contribution in [0.3, 0.4) is 0 Å². The average Bonchev–Trinajstić information content (AvgIpc) is 2.95. The quantitative estimate of drug-likeness (QED) is 0.707. The molecular formula is C16H13N2O. The summed E-state index contributed by atoms with van der Waals surface area (Å²) in [6.07, 6.45) is 3.70. The van der Waals surface area contributed by atoms with Crippen LogP contribution in [0.4, 0.5) is 0 Å². The highest BCUT2D eigenvalue weighted by Gasteiger charge is 2.05. The van der Waals surface area contributed by atoms with Crippen LogP contribution in [0.1, 0.15) is 5.56 Å². The first kappa shape index (κ1) is 11.5. The summed E-state index contributed by atoms with van der Waals surface area (Å²) in [5.41, 5.74) is 1.05. The van der Waals surface area contributed by atoms with Gasteiger partial charge in [0.05, 0.1) is 6.54 Å². The Kier molecular flexibility index (Phi) is 3.28. The van der Waals surface area contributed by atoms with Crippen LogP contribution in [0.25, 0.3) is 0 Å². The van der Waals surface area contributed by atoms with E-state index in [4.69, 9.17) is 4.74 Å². The van der Waals surface area contributed by atoms with Gasteiger partial charge in [0.1, 0.15) is 11.5 Å². The van der Waals surface area contributed by atoms with Crippen molar-refractivity contribution in [1.29, 1.82) is 0 Å². The highest BCUT2D eigenvalue weighted by Crippen LogP contribution is 2.25. The molecule has 0 aliphatic heterocycles. The van der Waals surface area contributed by atoms with Crippen LogP contribution in [-0.4, -0.2) is 9.78 Å². The monoisotopic (exact) mass is 249 g/mol. The number of hydrogen-bond donors (Lipinski definition) is 0. The van der Waals surface area contributed by atoms with E-state index in [1.807, 2.05) is 65.5 Å². The fraction of sp³-hybridized carbons (Fsp3) is 0.0625. The lowest BCUT2D eigenvalue weighted by atomic mass is 10.2. The minimum atomic E-state index is 0.673. The number of hydrogen-bond acceptors (Lipinski definition) is 2. The van der Waals surface area contributed by atoms with Gasteiger partial charge in [-0.3, -0.25) is 4.68 Å². The molecule has 2 aromatic carbocycles. The second-order valence-electron chi connectivity index (χ2n) is 4.15. The third-order valence-corrected chi connectivity index (χ3v) is 2.77. The summed E-state index contributed by atoms with van der Waals surface area (Å²) in [5.74, 6) is 1.66. The summed E-state index contributed by atoms with van der Waals surface area (Å²) in [6, 6.07) is 20.4. The zero-order valence-corrected chi connectivity index (χ0v) is 10.4. The van der Waals surface area contributed by atoms with Crippen LogP contribution in [0.5, 0.6) is 11.5 Å². The molecular weight excluding hydrogens is 236 g/mol. The molecule has 0 unspecified atom stereocenters. The molecule has 3 nitrogen and oxygen atoms in total. The van der Waals surface area contributed by atoms with Crippen molar-refractivity contribution in [3.63, 3.8) is 0 Å². The Morgan fingerprint density at radius 3 is 2.79 bits per heavy atom. The van der Waals surface area contributed by atoms with E-state index in [2.05, 4.69) is 11.2 Å². The van der Waals surface area contributed by atoms with Gasteiger partial charge in [-0.2, -0.15) is 5.10 Å². The van der Waals surface area contributed by atoms with Crippen LogP contribution in [0.15, 0.2) is 67.0 Å². The van der Waals surface area contributed by atoms with E-state index in [0.717, 1.165) is 17.1 Å². The molecule has 3 aromatic rings. The Bertz CT molecular complexity index is 633. The number of para-hydroxylation sites is 1. The number of aromatic nitrogens is 2. The van der Waals surface area contributed by atoms with Gasteiger partial charge < -0.3 is 4.74 Å². The topological polar surface area (TPSA) is 27.1 Å². The van der Waals surface area contributed by atoms with Crippen LogP contribution < -0.4 is 4.74 Å². The molecule has 3 heteroatoms. The Morgan fingerprint density at radius 2 is 2.00 bits per heavy atom. The second-order valence-corrected chi connectivity index (χ2v) is 4.15. The van der Waals surface area contributed by atoms with Gasteiger partial charge in [-0.05, 0) is 36.4 Å². The largest absolute Gasteiger partial charge is 0.457 e. The normalized spacial score (nSPS) is 10.3. The lowest BCUT2D eigenvalue weighted by Gasteiger charge is -2.11. The van der Waals surface area contributed by atoms with Gasteiger partial charge in [0.15, 0.2) is 0 Å². The van der Waals surface area contributed by atoms with Crippen molar-refractivity contribution >= 4 is 0 Å². The Labute approximate surface area is 112 Å². The van der Waals surface area contributed by atoms with E-state index >= 15 is 0 Å². The van der Waals surface area contributed by atoms with Crippen molar-refractivity contribution in [3.8, 4) is 11.5 Å². The molecule has 0 saturated carbocycles. The highest BCUT2D eigenvalue weighted by molar-refractivity contribution is 5.37. The van der Waals surface area contributed by atoms with Crippen LogP contribution in [-0.2, 0) is 6.54 Å². The van der Waals surface area contributed by atoms with Crippen LogP contribution >= 0.6 is 0 Å². The van der Waals surface area contributed by atoms with Crippen molar-refractivity contribution in [1.82, 2.24) is 9.78 Å². The maximum absolute atomic E-state index is 5.90. The van der Waals surface area contributed by atoms with Crippen LogP contribution in [0, 0.1) is 6.07 Å². The van der Waals surface area contributed by atoms with Crippen LogP contribution in [0.2, 0.25) is 0 Å². The lowest BCUT2D eigenvalue weighted by molar-refractivity contribution is 0.472. The molecule has 0 bridgehead atoms. The van der Waals surface area contributed by atoms with Gasteiger partial charge in [-0.1, -0.05) is 24.3 Å². The van der Waals surface area contributed by atoms with Crippen molar-refractivity contribution in [2.24, 2.45) is 0 Å². The Balaban J connectivity index is 1.85. The maximum Gasteiger partial charge on any atom is 0.132 e. The summed E-state index contributed by atoms with van der Waals surface area (Å²) >= 11 is 0. The van der Waals surface area contributed by atoms with E-state index in [9.17, 15) is 0 Å². The molecule has 0 atom stereocenters. The molecule has 0 saturated heterocycles. The van der Waals surface area contributed by atoms with E-state index in [1.165, 1.54) is 0 Å². The summed E-state index contributed by atoms with van der Waals surface area (Å²) in [5, 5.41) is 4.21. The van der Waals surface area contributed by atoms with Crippen molar-refractivity contribution in [2.45, 2.75) is 6.54 Å². The fourth-order valence-corrected chi connectivity index (χ4v) is 1.86. The predicted octanol–water partition coefficient (Wildman–Crippen LogP) is 3.52. The first-order valence-corrected chi connectivity index (χ1v) is 6.11. The molecule has 0 amide bonds. The molecule has 0 N–H and O–H groups in total. The van der Waals surface area contributed by atoms with Crippen molar-refractivity contribution in [2.75, 3.05) is 0 Å². The van der Waals surface area contributed by atoms with Gasteiger partial charge >= 0.3 is 0 Å². The summed E-state index contributed by atoms with van der Waals surface area (Å²) in [4.78, 5) is 0. The van der Waals surface area contributed by atoms with Gasteiger partial charge in [0, 0.05) is 18.0 Å². The van der Waals surface area contributed by atoms with Crippen molar-refractivity contribution < 1.29 is 4.74 Å². The molecule has 0 spiro atoms. The minimum Gasteiger partial charge on any atom is -0.457 e. The molecule has 1 radical (unpaired) electrons. The zero-order valence-electron chi connectivity index (χ0n) is 10.4. The molecule has 1 aromatic heterocycles. The summed E-state index contributed by atoms with van der Waals surface area (Å²) in [6.45, 7) is 0.673. The lowest BCUT2D eigenvalue weighted by Crippen LogP contribution is -2.01. The highest BCUT2D eigenvalue weighted by atomic mass is 16.5. The molecule has 93 valence electrons. The summed E-state index contributed by atoms with van der Waals surface area (Å²) in [7, 11) is 0. The van der Waals surface area contributed by atoms with E-state index in [0.29, 0.717) is 6.54 Å².